The Morgan fingerprint density at radius 1 is 1.22 bits per heavy atom. The molecule has 6 nitrogen and oxygen atoms in total. The van der Waals surface area contributed by atoms with Crippen molar-refractivity contribution in [3.63, 3.8) is 0 Å². The zero-order valence-corrected chi connectivity index (χ0v) is 15.1. The molecule has 138 valence electrons. The Kier molecular flexibility index (Phi) is 3.95. The van der Waals surface area contributed by atoms with E-state index in [9.17, 15) is 9.18 Å². The summed E-state index contributed by atoms with van der Waals surface area (Å²) >= 11 is 0. The van der Waals surface area contributed by atoms with E-state index in [0.29, 0.717) is 16.9 Å². The number of nitrogen functional groups attached to an aromatic ring is 1. The number of hydrogen-bond acceptors (Lipinski definition) is 5. The molecule has 0 spiro atoms. The van der Waals surface area contributed by atoms with Gasteiger partial charge in [0.1, 0.15) is 17.3 Å². The molecule has 0 saturated heterocycles. The summed E-state index contributed by atoms with van der Waals surface area (Å²) in [5, 5.41) is 4.02. The number of methoxy groups -OCH3 is 1. The average Bonchev–Trinajstić information content (AvgIpc) is 3.44. The average molecular weight is 366 g/mol. The molecule has 1 saturated carbocycles. The maximum atomic E-state index is 14.6. The number of benzene rings is 1. The van der Waals surface area contributed by atoms with E-state index in [1.807, 2.05) is 24.3 Å². The molecule has 2 N–H and O–H groups in total. The van der Waals surface area contributed by atoms with Gasteiger partial charge in [-0.3, -0.25) is 14.5 Å². The van der Waals surface area contributed by atoms with Crippen LogP contribution in [0.5, 0.6) is 0 Å². The first-order valence-electron chi connectivity index (χ1n) is 8.59. The number of aromatic nitrogens is 3. The van der Waals surface area contributed by atoms with E-state index in [1.165, 1.54) is 24.1 Å². The summed E-state index contributed by atoms with van der Waals surface area (Å²) in [6, 6.07) is 8.95. The lowest BCUT2D eigenvalue weighted by molar-refractivity contribution is -0.143. The number of aryl methyl sites for hydroxylation is 1. The van der Waals surface area contributed by atoms with E-state index < -0.39 is 11.2 Å². The molecular formula is C20H19FN4O2. The second-order valence-electron chi connectivity index (χ2n) is 6.77. The van der Waals surface area contributed by atoms with Crippen LogP contribution in [0.1, 0.15) is 18.4 Å². The minimum Gasteiger partial charge on any atom is -0.468 e. The van der Waals surface area contributed by atoms with Gasteiger partial charge in [-0.25, -0.2) is 4.39 Å². The third-order valence-corrected chi connectivity index (χ3v) is 5.18. The highest BCUT2D eigenvalue weighted by atomic mass is 19.1. The normalized spacial score (nSPS) is 14.8. The predicted octanol–water partition coefficient (Wildman–Crippen LogP) is 3.08. The fourth-order valence-corrected chi connectivity index (χ4v) is 3.34. The molecule has 0 bridgehead atoms. The molecule has 1 aliphatic carbocycles. The molecule has 27 heavy (non-hydrogen) atoms. The van der Waals surface area contributed by atoms with Crippen molar-refractivity contribution < 1.29 is 13.9 Å². The fourth-order valence-electron chi connectivity index (χ4n) is 3.34. The largest absolute Gasteiger partial charge is 0.468 e. The van der Waals surface area contributed by atoms with E-state index in [1.54, 1.807) is 13.2 Å². The van der Waals surface area contributed by atoms with Crippen LogP contribution in [0.4, 0.5) is 10.2 Å². The minimum absolute atomic E-state index is 0.170. The lowest BCUT2D eigenvalue weighted by Crippen LogP contribution is -2.21. The van der Waals surface area contributed by atoms with Crippen LogP contribution in [0, 0.1) is 5.82 Å². The first kappa shape index (κ1) is 17.2. The van der Waals surface area contributed by atoms with E-state index in [0.717, 1.165) is 24.0 Å². The first-order chi connectivity index (χ1) is 13.0. The molecule has 1 aromatic carbocycles. The van der Waals surface area contributed by atoms with Gasteiger partial charge in [-0.1, -0.05) is 24.3 Å². The maximum Gasteiger partial charge on any atom is 0.316 e. The summed E-state index contributed by atoms with van der Waals surface area (Å²) < 4.78 is 21.0. The number of hydrogen-bond donors (Lipinski definition) is 1. The lowest BCUT2D eigenvalue weighted by atomic mass is 9.94. The van der Waals surface area contributed by atoms with E-state index in [4.69, 9.17) is 10.5 Å². The molecule has 2 heterocycles. The third kappa shape index (κ3) is 2.75. The predicted molar refractivity (Wildman–Crippen MR) is 99.2 cm³/mol. The summed E-state index contributed by atoms with van der Waals surface area (Å²) in [5.41, 5.74) is 8.41. The maximum absolute atomic E-state index is 14.6. The van der Waals surface area contributed by atoms with Crippen LogP contribution in [0.25, 0.3) is 22.4 Å². The number of halogens is 1. The fraction of sp³-hybridized carbons (Fsp3) is 0.250. The third-order valence-electron chi connectivity index (χ3n) is 5.18. The van der Waals surface area contributed by atoms with Crippen LogP contribution in [-0.4, -0.2) is 27.8 Å². The number of ether oxygens (including phenoxy) is 1. The molecule has 4 rings (SSSR count). The van der Waals surface area contributed by atoms with Crippen molar-refractivity contribution in [2.45, 2.75) is 18.3 Å². The molecule has 1 aliphatic rings. The molecular weight excluding hydrogens is 347 g/mol. The van der Waals surface area contributed by atoms with E-state index in [-0.39, 0.29) is 11.7 Å². The van der Waals surface area contributed by atoms with Crippen LogP contribution in [0.2, 0.25) is 0 Å². The standard InChI is InChI=1S/C20H19FN4O2/c1-25-18(22)15(11-24-25)17-16(21)9-13(10-23-17)12-3-5-14(6-4-12)20(7-8-20)19(26)27-2/h3-6,9-11H,7-8,22H2,1-2H3. The molecule has 3 aromatic rings. The second-order valence-corrected chi connectivity index (χ2v) is 6.77. The van der Waals surface area contributed by atoms with Gasteiger partial charge in [-0.2, -0.15) is 5.10 Å². The topological polar surface area (TPSA) is 83.0 Å². The van der Waals surface area contributed by atoms with Crippen molar-refractivity contribution in [1.82, 2.24) is 14.8 Å². The van der Waals surface area contributed by atoms with Gasteiger partial charge in [0.05, 0.1) is 24.3 Å². The Morgan fingerprint density at radius 3 is 2.44 bits per heavy atom. The van der Waals surface area contributed by atoms with Crippen molar-refractivity contribution in [3.8, 4) is 22.4 Å². The number of esters is 1. The number of carbonyl (C=O) groups excluding carboxylic acids is 1. The van der Waals surface area contributed by atoms with Gasteiger partial charge >= 0.3 is 5.97 Å². The zero-order valence-electron chi connectivity index (χ0n) is 15.1. The van der Waals surface area contributed by atoms with Crippen molar-refractivity contribution in [3.05, 3.63) is 54.1 Å². The van der Waals surface area contributed by atoms with E-state index in [2.05, 4.69) is 10.1 Å². The number of nitrogens with zero attached hydrogens (tertiary/aromatic N) is 3. The van der Waals surface area contributed by atoms with Gasteiger partial charge in [0, 0.05) is 18.8 Å². The first-order valence-corrected chi connectivity index (χ1v) is 8.59. The van der Waals surface area contributed by atoms with Gasteiger partial charge in [-0.05, 0) is 30.0 Å². The Balaban J connectivity index is 1.64. The summed E-state index contributed by atoms with van der Waals surface area (Å²) in [6.07, 6.45) is 4.68. The van der Waals surface area contributed by atoms with Crippen LogP contribution in [0.15, 0.2) is 42.7 Å². The SMILES string of the molecule is COC(=O)C1(c2ccc(-c3cnc(-c4cnn(C)c4N)c(F)c3)cc2)CC1. The molecule has 0 atom stereocenters. The molecule has 1 fully saturated rings. The summed E-state index contributed by atoms with van der Waals surface area (Å²) in [7, 11) is 3.09. The van der Waals surface area contributed by atoms with Crippen LogP contribution >= 0.6 is 0 Å². The van der Waals surface area contributed by atoms with Crippen molar-refractivity contribution in [2.75, 3.05) is 12.8 Å². The van der Waals surface area contributed by atoms with Gasteiger partial charge in [-0.15, -0.1) is 0 Å². The molecule has 0 radical (unpaired) electrons. The molecule has 2 aromatic heterocycles. The Bertz CT molecular complexity index is 1020. The van der Waals surface area contributed by atoms with Gasteiger partial charge in [0.15, 0.2) is 0 Å². The Morgan fingerprint density at radius 2 is 1.93 bits per heavy atom. The number of pyridine rings is 1. The van der Waals surface area contributed by atoms with Gasteiger partial charge in [0.25, 0.3) is 0 Å². The molecule has 0 unspecified atom stereocenters. The second kappa shape index (κ2) is 6.19. The number of anilines is 1. The monoisotopic (exact) mass is 366 g/mol. The summed E-state index contributed by atoms with van der Waals surface area (Å²) in [6.45, 7) is 0. The highest BCUT2D eigenvalue weighted by Gasteiger charge is 2.52. The van der Waals surface area contributed by atoms with E-state index >= 15 is 0 Å². The Hall–Kier alpha value is -3.22. The number of nitrogens with two attached hydrogens (primary N) is 1. The smallest absolute Gasteiger partial charge is 0.316 e. The zero-order chi connectivity index (χ0) is 19.2. The van der Waals surface area contributed by atoms with Crippen molar-refractivity contribution >= 4 is 11.8 Å². The molecule has 0 amide bonds. The van der Waals surface area contributed by atoms with Crippen molar-refractivity contribution in [2.24, 2.45) is 7.05 Å². The minimum atomic E-state index is -0.515. The summed E-state index contributed by atoms with van der Waals surface area (Å²) in [4.78, 5) is 16.2. The van der Waals surface area contributed by atoms with Gasteiger partial charge < -0.3 is 10.5 Å². The van der Waals surface area contributed by atoms with Crippen LogP contribution in [-0.2, 0) is 22.0 Å². The molecule has 7 heteroatoms. The van der Waals surface area contributed by atoms with Crippen LogP contribution < -0.4 is 5.73 Å². The molecule has 0 aliphatic heterocycles. The summed E-state index contributed by atoms with van der Waals surface area (Å²) in [5.74, 6) is -0.318. The van der Waals surface area contributed by atoms with Crippen LogP contribution in [0.3, 0.4) is 0 Å². The lowest BCUT2D eigenvalue weighted by Gasteiger charge is -2.13. The van der Waals surface area contributed by atoms with Crippen molar-refractivity contribution in [1.29, 1.82) is 0 Å². The van der Waals surface area contributed by atoms with Gasteiger partial charge in [0.2, 0.25) is 0 Å². The highest BCUT2D eigenvalue weighted by molar-refractivity contribution is 5.86. The Labute approximate surface area is 155 Å². The highest BCUT2D eigenvalue weighted by Crippen LogP contribution is 2.49. The number of rotatable bonds is 4. The quantitative estimate of drug-likeness (QED) is 0.718. The number of carbonyl (C=O) groups is 1.